The van der Waals surface area contributed by atoms with Gasteiger partial charge in [0.2, 0.25) is 0 Å². The van der Waals surface area contributed by atoms with Crippen molar-refractivity contribution in [2.24, 2.45) is 0 Å². The molecule has 0 spiro atoms. The lowest BCUT2D eigenvalue weighted by Crippen LogP contribution is -2.36. The van der Waals surface area contributed by atoms with Crippen molar-refractivity contribution < 1.29 is 19.1 Å². The number of rotatable bonds is 5. The van der Waals surface area contributed by atoms with E-state index in [9.17, 15) is 14.8 Å². The number of hydrogen-bond donors (Lipinski definition) is 1. The van der Waals surface area contributed by atoms with Crippen molar-refractivity contribution in [1.29, 1.82) is 0 Å². The molecule has 1 heterocycles. The van der Waals surface area contributed by atoms with E-state index in [2.05, 4.69) is 21.2 Å². The van der Waals surface area contributed by atoms with Crippen molar-refractivity contribution in [3.8, 4) is 0 Å². The molecule has 1 aromatic heterocycles. The molecule has 1 N–H and O–H groups in total. The first-order chi connectivity index (χ1) is 11.0. The summed E-state index contributed by atoms with van der Waals surface area (Å²) < 4.78 is 6.19. The average molecular weight is 379 g/mol. The molecule has 6 nitrogen and oxygen atoms in total. The number of amides is 1. The van der Waals surface area contributed by atoms with Crippen LogP contribution in [0.5, 0.6) is 0 Å². The largest absolute Gasteiger partial charge is 0.618 e. The highest BCUT2D eigenvalue weighted by Crippen LogP contribution is 2.16. The second-order valence-corrected chi connectivity index (χ2v) is 5.74. The Morgan fingerprint density at radius 1 is 1.26 bits per heavy atom. The Morgan fingerprint density at radius 2 is 1.96 bits per heavy atom. The lowest BCUT2D eigenvalue weighted by Gasteiger charge is -2.14. The van der Waals surface area contributed by atoms with Crippen LogP contribution >= 0.6 is 15.9 Å². The van der Waals surface area contributed by atoms with Crippen molar-refractivity contribution in [1.82, 2.24) is 5.32 Å². The molecule has 2 aromatic rings. The minimum atomic E-state index is -0.841. The molecule has 0 saturated heterocycles. The fourth-order valence-electron chi connectivity index (χ4n) is 1.91. The lowest BCUT2D eigenvalue weighted by molar-refractivity contribution is -0.608. The van der Waals surface area contributed by atoms with Gasteiger partial charge in [-0.1, -0.05) is 28.1 Å². The summed E-state index contributed by atoms with van der Waals surface area (Å²) in [5, 5.41) is 14.1. The second-order valence-electron chi connectivity index (χ2n) is 4.83. The number of benzene rings is 1. The van der Waals surface area contributed by atoms with Gasteiger partial charge in [-0.25, -0.2) is 4.79 Å². The third kappa shape index (κ3) is 4.79. The van der Waals surface area contributed by atoms with Crippen molar-refractivity contribution in [3.63, 3.8) is 0 Å². The van der Waals surface area contributed by atoms with Gasteiger partial charge in [-0.05, 0) is 30.7 Å². The smallest absolute Gasteiger partial charge is 0.405 e. The first-order valence-corrected chi connectivity index (χ1v) is 7.67. The molecule has 2 rings (SSSR count). The first kappa shape index (κ1) is 17.0. The van der Waals surface area contributed by atoms with Gasteiger partial charge >= 0.3 is 11.7 Å². The molecule has 0 unspecified atom stereocenters. The van der Waals surface area contributed by atoms with Crippen molar-refractivity contribution in [2.75, 3.05) is 6.61 Å². The Morgan fingerprint density at radius 3 is 2.61 bits per heavy atom. The van der Waals surface area contributed by atoms with Gasteiger partial charge in [0.15, 0.2) is 12.8 Å². The SMILES string of the molecule is C[C@@H](NC(=O)COC(=O)c1cccc[n+]1[O-])c1ccc(Br)cc1. The van der Waals surface area contributed by atoms with Crippen LogP contribution < -0.4 is 10.0 Å². The Bertz CT molecular complexity index is 703. The van der Waals surface area contributed by atoms with Crippen LogP contribution in [0.2, 0.25) is 0 Å². The summed E-state index contributed by atoms with van der Waals surface area (Å²) in [5.41, 5.74) is 0.759. The number of ether oxygens (including phenoxy) is 1. The van der Waals surface area contributed by atoms with Gasteiger partial charge < -0.3 is 15.3 Å². The van der Waals surface area contributed by atoms with E-state index in [1.165, 1.54) is 18.3 Å². The number of nitrogens with one attached hydrogen (secondary N) is 1. The number of halogens is 1. The van der Waals surface area contributed by atoms with E-state index in [4.69, 9.17) is 4.74 Å². The monoisotopic (exact) mass is 378 g/mol. The standard InChI is InChI=1S/C16H15BrN2O4/c1-11(12-5-7-13(17)8-6-12)18-15(20)10-23-16(21)14-4-2-3-9-19(14)22/h2-9,11H,10H2,1H3,(H,18,20)/t11-/m1/s1. The van der Waals surface area contributed by atoms with Crippen LogP contribution in [0, 0.1) is 5.21 Å². The van der Waals surface area contributed by atoms with E-state index in [-0.39, 0.29) is 11.7 Å². The van der Waals surface area contributed by atoms with Gasteiger partial charge in [-0.3, -0.25) is 4.79 Å². The number of hydrogen-bond acceptors (Lipinski definition) is 4. The Kier molecular flexibility index (Phi) is 5.70. The summed E-state index contributed by atoms with van der Waals surface area (Å²) in [6, 6.07) is 11.7. The molecular formula is C16H15BrN2O4. The molecule has 7 heteroatoms. The van der Waals surface area contributed by atoms with Crippen LogP contribution in [0.4, 0.5) is 0 Å². The normalized spacial score (nSPS) is 11.6. The number of carbonyl (C=O) groups excluding carboxylic acids is 2. The van der Waals surface area contributed by atoms with Gasteiger partial charge in [0, 0.05) is 16.6 Å². The zero-order valence-corrected chi connectivity index (χ0v) is 13.9. The first-order valence-electron chi connectivity index (χ1n) is 6.87. The predicted molar refractivity (Wildman–Crippen MR) is 86.4 cm³/mol. The number of aromatic nitrogens is 1. The number of nitrogens with zero attached hydrogens (tertiary/aromatic N) is 1. The van der Waals surface area contributed by atoms with Gasteiger partial charge in [0.05, 0.1) is 6.04 Å². The maximum atomic E-state index is 11.8. The summed E-state index contributed by atoms with van der Waals surface area (Å²) in [6.45, 7) is 1.38. The van der Waals surface area contributed by atoms with Crippen molar-refractivity contribution >= 4 is 27.8 Å². The van der Waals surface area contributed by atoms with Crippen LogP contribution in [-0.4, -0.2) is 18.5 Å². The molecule has 0 radical (unpaired) electrons. The molecule has 0 saturated carbocycles. The number of esters is 1. The van der Waals surface area contributed by atoms with Crippen LogP contribution in [0.15, 0.2) is 53.1 Å². The van der Waals surface area contributed by atoms with Gasteiger partial charge in [-0.2, -0.15) is 4.73 Å². The fourth-order valence-corrected chi connectivity index (χ4v) is 2.17. The number of carbonyl (C=O) groups is 2. The fraction of sp³-hybridized carbons (Fsp3) is 0.188. The Labute approximate surface area is 141 Å². The van der Waals surface area contributed by atoms with E-state index in [0.29, 0.717) is 4.73 Å². The highest BCUT2D eigenvalue weighted by molar-refractivity contribution is 9.10. The molecule has 0 aliphatic carbocycles. The van der Waals surface area contributed by atoms with Crippen LogP contribution in [0.1, 0.15) is 29.0 Å². The molecule has 23 heavy (non-hydrogen) atoms. The van der Waals surface area contributed by atoms with Crippen LogP contribution in [0.3, 0.4) is 0 Å². The van der Waals surface area contributed by atoms with E-state index >= 15 is 0 Å². The summed E-state index contributed by atoms with van der Waals surface area (Å²) in [6.07, 6.45) is 1.19. The Balaban J connectivity index is 1.86. The van der Waals surface area contributed by atoms with Gasteiger partial charge in [0.25, 0.3) is 5.91 Å². The predicted octanol–water partition coefficient (Wildman–Crippen LogP) is 2.12. The quantitative estimate of drug-likeness (QED) is 0.490. The average Bonchev–Trinajstić information content (AvgIpc) is 2.53. The highest BCUT2D eigenvalue weighted by Gasteiger charge is 2.18. The molecule has 1 atom stereocenters. The van der Waals surface area contributed by atoms with E-state index in [1.807, 2.05) is 31.2 Å². The highest BCUT2D eigenvalue weighted by atomic mass is 79.9. The minimum Gasteiger partial charge on any atom is -0.618 e. The molecule has 1 amide bonds. The third-order valence-corrected chi connectivity index (χ3v) is 3.64. The summed E-state index contributed by atoms with van der Waals surface area (Å²) in [5.74, 6) is -1.28. The topological polar surface area (TPSA) is 82.3 Å². The second kappa shape index (κ2) is 7.73. The van der Waals surface area contributed by atoms with Crippen molar-refractivity contribution in [2.45, 2.75) is 13.0 Å². The zero-order valence-electron chi connectivity index (χ0n) is 12.4. The number of pyridine rings is 1. The molecule has 0 bridgehead atoms. The van der Waals surface area contributed by atoms with E-state index in [0.717, 1.165) is 10.0 Å². The maximum Gasteiger partial charge on any atom is 0.405 e. The molecule has 1 aromatic carbocycles. The van der Waals surface area contributed by atoms with E-state index in [1.54, 1.807) is 6.07 Å². The maximum absolute atomic E-state index is 11.8. The molecular weight excluding hydrogens is 364 g/mol. The van der Waals surface area contributed by atoms with Crippen molar-refractivity contribution in [3.05, 3.63) is 69.6 Å². The minimum absolute atomic E-state index is 0.166. The van der Waals surface area contributed by atoms with Gasteiger partial charge in [-0.15, -0.1) is 0 Å². The molecule has 0 aliphatic rings. The van der Waals surface area contributed by atoms with Crippen LogP contribution in [-0.2, 0) is 9.53 Å². The Hall–Kier alpha value is -2.41. The molecule has 120 valence electrons. The molecule has 0 aliphatic heterocycles. The third-order valence-electron chi connectivity index (χ3n) is 3.12. The zero-order chi connectivity index (χ0) is 16.8. The molecule has 0 fully saturated rings. The lowest BCUT2D eigenvalue weighted by atomic mass is 10.1. The van der Waals surface area contributed by atoms with Crippen LogP contribution in [0.25, 0.3) is 0 Å². The summed E-state index contributed by atoms with van der Waals surface area (Å²) in [4.78, 5) is 23.6. The van der Waals surface area contributed by atoms with E-state index < -0.39 is 18.5 Å². The summed E-state index contributed by atoms with van der Waals surface area (Å²) in [7, 11) is 0. The summed E-state index contributed by atoms with van der Waals surface area (Å²) >= 11 is 3.34. The van der Waals surface area contributed by atoms with Gasteiger partial charge in [0.1, 0.15) is 0 Å².